The molecular weight excluding hydrogens is 378 g/mol. The van der Waals surface area contributed by atoms with Gasteiger partial charge in [-0.15, -0.1) is 0 Å². The molecule has 7 nitrogen and oxygen atoms in total. The summed E-state index contributed by atoms with van der Waals surface area (Å²) in [4.78, 5) is 33.6. The van der Waals surface area contributed by atoms with Gasteiger partial charge in [0.25, 0.3) is 5.91 Å². The van der Waals surface area contributed by atoms with Gasteiger partial charge in [0.15, 0.2) is 0 Å². The predicted molar refractivity (Wildman–Crippen MR) is 111 cm³/mol. The summed E-state index contributed by atoms with van der Waals surface area (Å²) in [6, 6.07) is 9.71. The third-order valence-corrected chi connectivity index (χ3v) is 5.03. The Bertz CT molecular complexity index is 835. The summed E-state index contributed by atoms with van der Waals surface area (Å²) in [5.41, 5.74) is 0.920. The summed E-state index contributed by atoms with van der Waals surface area (Å²) in [5, 5.41) is 5.77. The normalized spacial score (nSPS) is 15.8. The van der Waals surface area contributed by atoms with E-state index in [4.69, 9.17) is 11.6 Å². The highest BCUT2D eigenvalue weighted by molar-refractivity contribution is 6.33. The lowest BCUT2D eigenvalue weighted by Gasteiger charge is -2.33. The lowest BCUT2D eigenvalue weighted by atomic mass is 10.2. The minimum atomic E-state index is -0.721. The molecule has 0 aliphatic carbocycles. The van der Waals surface area contributed by atoms with Gasteiger partial charge in [-0.05, 0) is 38.2 Å². The molecule has 0 spiro atoms. The molecule has 2 heterocycles. The molecule has 0 unspecified atom stereocenters. The summed E-state index contributed by atoms with van der Waals surface area (Å²) in [6.07, 6.45) is 1.63. The van der Waals surface area contributed by atoms with Crippen molar-refractivity contribution in [2.45, 2.75) is 13.0 Å². The van der Waals surface area contributed by atoms with Crippen LogP contribution in [0.4, 0.5) is 11.5 Å². The number of halogens is 1. The van der Waals surface area contributed by atoms with E-state index in [1.54, 1.807) is 37.4 Å². The van der Waals surface area contributed by atoms with E-state index >= 15 is 0 Å². The van der Waals surface area contributed by atoms with Crippen molar-refractivity contribution >= 4 is 34.9 Å². The highest BCUT2D eigenvalue weighted by Crippen LogP contribution is 2.17. The summed E-state index contributed by atoms with van der Waals surface area (Å²) in [6.45, 7) is 5.49. The van der Waals surface area contributed by atoms with E-state index in [2.05, 4.69) is 32.5 Å². The molecule has 148 valence electrons. The average Bonchev–Trinajstić information content (AvgIpc) is 2.69. The van der Waals surface area contributed by atoms with E-state index in [-0.39, 0.29) is 5.91 Å². The Morgan fingerprint density at radius 3 is 2.46 bits per heavy atom. The fourth-order valence-corrected chi connectivity index (χ4v) is 3.14. The van der Waals surface area contributed by atoms with Crippen molar-refractivity contribution < 1.29 is 9.59 Å². The van der Waals surface area contributed by atoms with Crippen LogP contribution < -0.4 is 15.5 Å². The Morgan fingerprint density at radius 1 is 1.11 bits per heavy atom. The molecule has 3 rings (SSSR count). The Labute approximate surface area is 169 Å². The zero-order valence-corrected chi connectivity index (χ0v) is 16.7. The van der Waals surface area contributed by atoms with Crippen molar-refractivity contribution in [3.8, 4) is 0 Å². The van der Waals surface area contributed by atoms with Gasteiger partial charge in [0.05, 0.1) is 22.5 Å². The molecule has 1 aromatic carbocycles. The molecule has 1 saturated heterocycles. The summed E-state index contributed by atoms with van der Waals surface area (Å²) in [7, 11) is 2.11. The highest BCUT2D eigenvalue weighted by atomic mass is 35.5. The number of pyridine rings is 1. The first-order chi connectivity index (χ1) is 13.4. The van der Waals surface area contributed by atoms with Gasteiger partial charge in [-0.2, -0.15) is 0 Å². The van der Waals surface area contributed by atoms with Crippen LogP contribution in [-0.2, 0) is 4.79 Å². The maximum Gasteiger partial charge on any atom is 0.253 e. The Morgan fingerprint density at radius 2 is 1.82 bits per heavy atom. The summed E-state index contributed by atoms with van der Waals surface area (Å²) in [5.74, 6) is 0.178. The maximum absolute atomic E-state index is 12.4. The number of hydrogen-bond acceptors (Lipinski definition) is 5. The largest absolute Gasteiger partial charge is 0.354 e. The minimum Gasteiger partial charge on any atom is -0.354 e. The standard InChI is InChI=1S/C20H24ClN5O2/c1-14(23-20(28)16-5-3-4-6-17(16)21)19(27)24-15-7-8-18(22-13-15)26-11-9-25(2)10-12-26/h3-8,13-14H,9-12H2,1-2H3,(H,23,28)(H,24,27)/t14-/m0/s1. The van der Waals surface area contributed by atoms with Crippen molar-refractivity contribution in [1.82, 2.24) is 15.2 Å². The first kappa shape index (κ1) is 20.1. The fraction of sp³-hybridized carbons (Fsp3) is 0.350. The van der Waals surface area contributed by atoms with Crippen molar-refractivity contribution in [1.29, 1.82) is 0 Å². The molecule has 1 aliphatic rings. The molecule has 8 heteroatoms. The Hall–Kier alpha value is -2.64. The van der Waals surface area contributed by atoms with Crippen LogP contribution in [0.5, 0.6) is 0 Å². The van der Waals surface area contributed by atoms with Crippen molar-refractivity contribution in [3.63, 3.8) is 0 Å². The number of carbonyl (C=O) groups is 2. The number of anilines is 2. The first-order valence-corrected chi connectivity index (χ1v) is 9.57. The summed E-state index contributed by atoms with van der Waals surface area (Å²) < 4.78 is 0. The van der Waals surface area contributed by atoms with Crippen LogP contribution in [0.25, 0.3) is 0 Å². The average molecular weight is 402 g/mol. The predicted octanol–water partition coefficient (Wildman–Crippen LogP) is 2.24. The molecule has 0 saturated carbocycles. The first-order valence-electron chi connectivity index (χ1n) is 9.20. The van der Waals surface area contributed by atoms with Gasteiger partial charge < -0.3 is 20.4 Å². The van der Waals surface area contributed by atoms with Gasteiger partial charge in [-0.3, -0.25) is 9.59 Å². The lowest BCUT2D eigenvalue weighted by molar-refractivity contribution is -0.117. The van der Waals surface area contributed by atoms with Gasteiger partial charge in [0.1, 0.15) is 11.9 Å². The third-order valence-electron chi connectivity index (χ3n) is 4.70. The van der Waals surface area contributed by atoms with Crippen LogP contribution >= 0.6 is 11.6 Å². The number of hydrogen-bond donors (Lipinski definition) is 2. The van der Waals surface area contributed by atoms with Crippen LogP contribution in [0, 0.1) is 0 Å². The zero-order valence-electron chi connectivity index (χ0n) is 16.0. The number of benzene rings is 1. The molecule has 2 aromatic rings. The van der Waals surface area contributed by atoms with E-state index < -0.39 is 11.9 Å². The van der Waals surface area contributed by atoms with Gasteiger partial charge in [0, 0.05) is 26.2 Å². The molecule has 1 aromatic heterocycles. The van der Waals surface area contributed by atoms with Gasteiger partial charge in [-0.1, -0.05) is 23.7 Å². The van der Waals surface area contributed by atoms with Crippen LogP contribution in [0.3, 0.4) is 0 Å². The van der Waals surface area contributed by atoms with Gasteiger partial charge in [-0.25, -0.2) is 4.98 Å². The molecule has 0 radical (unpaired) electrons. The highest BCUT2D eigenvalue weighted by Gasteiger charge is 2.19. The molecular formula is C20H24ClN5O2. The maximum atomic E-state index is 12.4. The zero-order chi connectivity index (χ0) is 20.1. The second-order valence-electron chi connectivity index (χ2n) is 6.86. The quantitative estimate of drug-likeness (QED) is 0.803. The molecule has 28 heavy (non-hydrogen) atoms. The Kier molecular flexibility index (Phi) is 6.49. The molecule has 0 bridgehead atoms. The van der Waals surface area contributed by atoms with Crippen LogP contribution in [0.2, 0.25) is 5.02 Å². The molecule has 2 amide bonds. The van der Waals surface area contributed by atoms with Gasteiger partial charge in [0.2, 0.25) is 5.91 Å². The fourth-order valence-electron chi connectivity index (χ4n) is 2.92. The summed E-state index contributed by atoms with van der Waals surface area (Å²) >= 11 is 6.02. The minimum absolute atomic E-state index is 0.324. The van der Waals surface area contributed by atoms with E-state index in [9.17, 15) is 9.59 Å². The van der Waals surface area contributed by atoms with E-state index in [0.29, 0.717) is 16.3 Å². The van der Waals surface area contributed by atoms with Gasteiger partial charge >= 0.3 is 0 Å². The Balaban J connectivity index is 1.55. The van der Waals surface area contributed by atoms with Crippen molar-refractivity contribution in [2.75, 3.05) is 43.4 Å². The molecule has 1 atom stereocenters. The van der Waals surface area contributed by atoms with Crippen molar-refractivity contribution in [3.05, 3.63) is 53.2 Å². The van der Waals surface area contributed by atoms with Crippen LogP contribution in [0.15, 0.2) is 42.6 Å². The molecule has 1 aliphatic heterocycles. The number of likely N-dealkylation sites (N-methyl/N-ethyl adjacent to an activating group) is 1. The molecule has 2 N–H and O–H groups in total. The van der Waals surface area contributed by atoms with E-state index in [1.165, 1.54) is 0 Å². The second-order valence-corrected chi connectivity index (χ2v) is 7.27. The number of nitrogens with one attached hydrogen (secondary N) is 2. The van der Waals surface area contributed by atoms with E-state index in [1.807, 2.05) is 12.1 Å². The SMILES string of the molecule is C[C@H](NC(=O)c1ccccc1Cl)C(=O)Nc1ccc(N2CCN(C)CC2)nc1. The number of amides is 2. The topological polar surface area (TPSA) is 77.6 Å². The monoisotopic (exact) mass is 401 g/mol. The third kappa shape index (κ3) is 4.99. The lowest BCUT2D eigenvalue weighted by Crippen LogP contribution is -2.44. The number of carbonyl (C=O) groups excluding carboxylic acids is 2. The van der Waals surface area contributed by atoms with Crippen molar-refractivity contribution in [2.24, 2.45) is 0 Å². The molecule has 1 fully saturated rings. The smallest absolute Gasteiger partial charge is 0.253 e. The second kappa shape index (κ2) is 9.03. The van der Waals surface area contributed by atoms with Crippen LogP contribution in [0.1, 0.15) is 17.3 Å². The van der Waals surface area contributed by atoms with Crippen LogP contribution in [-0.4, -0.2) is 61.0 Å². The number of rotatable bonds is 5. The van der Waals surface area contributed by atoms with E-state index in [0.717, 1.165) is 32.0 Å². The number of aromatic nitrogens is 1. The number of nitrogens with zero attached hydrogens (tertiary/aromatic N) is 3. The number of piperazine rings is 1.